The van der Waals surface area contributed by atoms with Crippen molar-refractivity contribution in [3.8, 4) is 17.2 Å². The average molecular weight is 447 g/mol. The van der Waals surface area contributed by atoms with Crippen LogP contribution in [0.5, 0.6) is 0 Å². The SMILES string of the molecule is N#CCNC(=O)C1(NC(=O)N2CCN(c3ccc(-c4cccnc4)cc3)CC2)CCCCC1. The topological polar surface area (TPSA) is 101 Å². The number of carbonyl (C=O) groups is 2. The second-order valence-electron chi connectivity index (χ2n) is 8.68. The zero-order valence-corrected chi connectivity index (χ0v) is 18.8. The van der Waals surface area contributed by atoms with Gasteiger partial charge in [0.25, 0.3) is 0 Å². The molecule has 0 bridgehead atoms. The largest absolute Gasteiger partial charge is 0.368 e. The highest BCUT2D eigenvalue weighted by Crippen LogP contribution is 2.29. The first kappa shape index (κ1) is 22.6. The van der Waals surface area contributed by atoms with E-state index in [-0.39, 0.29) is 18.5 Å². The number of benzene rings is 1. The fourth-order valence-corrected chi connectivity index (χ4v) is 4.70. The van der Waals surface area contributed by atoms with E-state index in [1.54, 1.807) is 11.1 Å². The first-order valence-electron chi connectivity index (χ1n) is 11.6. The molecule has 1 saturated carbocycles. The summed E-state index contributed by atoms with van der Waals surface area (Å²) < 4.78 is 0. The number of nitrogens with one attached hydrogen (secondary N) is 2. The third kappa shape index (κ3) is 5.25. The van der Waals surface area contributed by atoms with E-state index in [4.69, 9.17) is 5.26 Å². The zero-order chi connectivity index (χ0) is 23.1. The zero-order valence-electron chi connectivity index (χ0n) is 18.8. The van der Waals surface area contributed by atoms with Crippen LogP contribution in [0.1, 0.15) is 32.1 Å². The van der Waals surface area contributed by atoms with Crippen LogP contribution in [-0.4, -0.2) is 60.1 Å². The van der Waals surface area contributed by atoms with Gasteiger partial charge in [0.05, 0.1) is 6.07 Å². The molecule has 172 valence electrons. The van der Waals surface area contributed by atoms with Crippen LogP contribution in [-0.2, 0) is 4.79 Å². The summed E-state index contributed by atoms with van der Waals surface area (Å²) in [5.74, 6) is -0.246. The average Bonchev–Trinajstić information content (AvgIpc) is 2.88. The highest BCUT2D eigenvalue weighted by atomic mass is 16.2. The molecule has 0 atom stereocenters. The van der Waals surface area contributed by atoms with Crippen LogP contribution in [0, 0.1) is 11.3 Å². The molecule has 2 aliphatic rings. The number of piperazine rings is 1. The van der Waals surface area contributed by atoms with Gasteiger partial charge in [0.2, 0.25) is 5.91 Å². The molecule has 1 aromatic carbocycles. The van der Waals surface area contributed by atoms with Crippen LogP contribution in [0.25, 0.3) is 11.1 Å². The second-order valence-corrected chi connectivity index (χ2v) is 8.68. The van der Waals surface area contributed by atoms with Crippen molar-refractivity contribution in [1.29, 1.82) is 5.26 Å². The Labute approximate surface area is 194 Å². The van der Waals surface area contributed by atoms with E-state index in [0.29, 0.717) is 25.9 Å². The fraction of sp³-hybridized carbons (Fsp3) is 0.440. The number of pyridine rings is 1. The van der Waals surface area contributed by atoms with E-state index in [0.717, 1.165) is 49.2 Å². The van der Waals surface area contributed by atoms with E-state index in [1.165, 1.54) is 0 Å². The Morgan fingerprint density at radius 2 is 1.73 bits per heavy atom. The van der Waals surface area contributed by atoms with Crippen molar-refractivity contribution >= 4 is 17.6 Å². The third-order valence-corrected chi connectivity index (χ3v) is 6.61. The second kappa shape index (κ2) is 10.3. The quantitative estimate of drug-likeness (QED) is 0.688. The maximum atomic E-state index is 13.0. The number of aromatic nitrogens is 1. The van der Waals surface area contributed by atoms with Crippen LogP contribution < -0.4 is 15.5 Å². The van der Waals surface area contributed by atoms with Gasteiger partial charge in [-0.05, 0) is 42.2 Å². The van der Waals surface area contributed by atoms with Crippen molar-refractivity contribution in [3.05, 3.63) is 48.8 Å². The van der Waals surface area contributed by atoms with Gasteiger partial charge in [-0.3, -0.25) is 9.78 Å². The van der Waals surface area contributed by atoms with E-state index >= 15 is 0 Å². The predicted octanol–water partition coefficient (Wildman–Crippen LogP) is 2.92. The molecule has 4 rings (SSSR count). The van der Waals surface area contributed by atoms with Crippen LogP contribution in [0.3, 0.4) is 0 Å². The molecule has 8 heteroatoms. The third-order valence-electron chi connectivity index (χ3n) is 6.61. The minimum atomic E-state index is -0.911. The molecule has 0 radical (unpaired) electrons. The molecule has 3 amide bonds. The first-order valence-corrected chi connectivity index (χ1v) is 11.6. The lowest BCUT2D eigenvalue weighted by Crippen LogP contribution is -2.63. The van der Waals surface area contributed by atoms with Crippen molar-refractivity contribution in [2.75, 3.05) is 37.6 Å². The smallest absolute Gasteiger partial charge is 0.318 e. The number of hydrogen-bond acceptors (Lipinski definition) is 5. The van der Waals surface area contributed by atoms with E-state index in [1.807, 2.05) is 24.4 Å². The summed E-state index contributed by atoms with van der Waals surface area (Å²) in [7, 11) is 0. The molecule has 8 nitrogen and oxygen atoms in total. The van der Waals surface area contributed by atoms with Gasteiger partial charge in [-0.25, -0.2) is 4.79 Å². The molecule has 1 aliphatic carbocycles. The van der Waals surface area contributed by atoms with Crippen molar-refractivity contribution in [2.45, 2.75) is 37.6 Å². The minimum absolute atomic E-state index is 0.0469. The molecule has 33 heavy (non-hydrogen) atoms. The summed E-state index contributed by atoms with van der Waals surface area (Å²) in [5.41, 5.74) is 2.42. The lowest BCUT2D eigenvalue weighted by molar-refractivity contribution is -0.128. The van der Waals surface area contributed by atoms with E-state index < -0.39 is 5.54 Å². The predicted molar refractivity (Wildman–Crippen MR) is 126 cm³/mol. The maximum absolute atomic E-state index is 13.0. The molecule has 1 aliphatic heterocycles. The van der Waals surface area contributed by atoms with Gasteiger partial charge in [0.1, 0.15) is 12.1 Å². The molecular formula is C25H30N6O2. The van der Waals surface area contributed by atoms with Gasteiger partial charge in [0.15, 0.2) is 0 Å². The highest BCUT2D eigenvalue weighted by molar-refractivity contribution is 5.91. The molecule has 1 saturated heterocycles. The summed E-state index contributed by atoms with van der Waals surface area (Å²) in [6.45, 7) is 2.59. The van der Waals surface area contributed by atoms with Gasteiger partial charge < -0.3 is 20.4 Å². The Morgan fingerprint density at radius 3 is 2.36 bits per heavy atom. The summed E-state index contributed by atoms with van der Waals surface area (Å²) in [5, 5.41) is 14.5. The number of anilines is 1. The van der Waals surface area contributed by atoms with Crippen LogP contribution in [0.15, 0.2) is 48.8 Å². The first-order chi connectivity index (χ1) is 16.1. The summed E-state index contributed by atoms with van der Waals surface area (Å²) in [6, 6.07) is 14.1. The van der Waals surface area contributed by atoms with Crippen LogP contribution >= 0.6 is 0 Å². The number of rotatable bonds is 5. The number of nitriles is 1. The fourth-order valence-electron chi connectivity index (χ4n) is 4.70. The number of hydrogen-bond donors (Lipinski definition) is 2. The lowest BCUT2D eigenvalue weighted by atomic mass is 9.81. The molecule has 2 N–H and O–H groups in total. The Bertz CT molecular complexity index is 988. The molecular weight excluding hydrogens is 416 g/mol. The van der Waals surface area contributed by atoms with Crippen molar-refractivity contribution in [3.63, 3.8) is 0 Å². The van der Waals surface area contributed by atoms with Gasteiger partial charge >= 0.3 is 6.03 Å². The minimum Gasteiger partial charge on any atom is -0.368 e. The monoisotopic (exact) mass is 446 g/mol. The molecule has 2 aromatic rings. The Hall–Kier alpha value is -3.60. The number of amides is 3. The summed E-state index contributed by atoms with van der Waals surface area (Å²) in [6.07, 6.45) is 7.68. The van der Waals surface area contributed by atoms with Crippen molar-refractivity contribution < 1.29 is 9.59 Å². The maximum Gasteiger partial charge on any atom is 0.318 e. The standard InChI is InChI=1S/C25H30N6O2/c26-12-14-28-23(32)25(10-2-1-3-11-25)29-24(33)31-17-15-30(16-18-31)22-8-6-20(7-9-22)21-5-4-13-27-19-21/h4-9,13,19H,1-3,10-11,14-18H2,(H,28,32)(H,29,33). The Kier molecular flexibility index (Phi) is 7.08. The molecule has 2 fully saturated rings. The van der Waals surface area contributed by atoms with Crippen LogP contribution in [0.2, 0.25) is 0 Å². The highest BCUT2D eigenvalue weighted by Gasteiger charge is 2.41. The Morgan fingerprint density at radius 1 is 1.00 bits per heavy atom. The van der Waals surface area contributed by atoms with Gasteiger partial charge in [-0.15, -0.1) is 0 Å². The number of urea groups is 1. The molecule has 0 unspecified atom stereocenters. The van der Waals surface area contributed by atoms with E-state index in [2.05, 4.69) is 44.8 Å². The summed E-state index contributed by atoms with van der Waals surface area (Å²) >= 11 is 0. The Balaban J connectivity index is 1.34. The van der Waals surface area contributed by atoms with Crippen molar-refractivity contribution in [2.24, 2.45) is 0 Å². The molecule has 2 heterocycles. The molecule has 1 aromatic heterocycles. The van der Waals surface area contributed by atoms with Gasteiger partial charge in [0, 0.05) is 44.3 Å². The van der Waals surface area contributed by atoms with E-state index in [9.17, 15) is 9.59 Å². The summed E-state index contributed by atoms with van der Waals surface area (Å²) in [4.78, 5) is 34.0. The number of carbonyl (C=O) groups excluding carboxylic acids is 2. The van der Waals surface area contributed by atoms with Gasteiger partial charge in [-0.2, -0.15) is 5.26 Å². The number of nitrogens with zero attached hydrogens (tertiary/aromatic N) is 4. The lowest BCUT2D eigenvalue weighted by Gasteiger charge is -2.40. The van der Waals surface area contributed by atoms with Crippen molar-refractivity contribution in [1.82, 2.24) is 20.5 Å². The molecule has 0 spiro atoms. The van der Waals surface area contributed by atoms with Gasteiger partial charge in [-0.1, -0.05) is 37.5 Å². The van der Waals surface area contributed by atoms with Crippen LogP contribution in [0.4, 0.5) is 10.5 Å². The normalized spacial score (nSPS) is 17.7.